The summed E-state index contributed by atoms with van der Waals surface area (Å²) in [6.07, 6.45) is 6.54. The Morgan fingerprint density at radius 1 is 1.24 bits per heavy atom. The van der Waals surface area contributed by atoms with Crippen molar-refractivity contribution in [3.63, 3.8) is 0 Å². The van der Waals surface area contributed by atoms with Crippen molar-refractivity contribution in [1.82, 2.24) is 15.3 Å². The molecule has 1 heterocycles. The maximum absolute atomic E-state index is 13.9. The molecule has 0 spiro atoms. The minimum Gasteiger partial charge on any atom is -0.308 e. The summed E-state index contributed by atoms with van der Waals surface area (Å²) in [5.41, 5.74) is 0.609. The molecule has 1 saturated carbocycles. The van der Waals surface area contributed by atoms with Gasteiger partial charge in [-0.15, -0.1) is 0 Å². The molecule has 1 aliphatic carbocycles. The predicted octanol–water partition coefficient (Wildman–Crippen LogP) is 3.14. The van der Waals surface area contributed by atoms with Gasteiger partial charge in [0.05, 0.1) is 5.69 Å². The van der Waals surface area contributed by atoms with Gasteiger partial charge in [0.2, 0.25) is 0 Å². The van der Waals surface area contributed by atoms with E-state index in [0.29, 0.717) is 6.54 Å². The fourth-order valence-corrected chi connectivity index (χ4v) is 2.66. The van der Waals surface area contributed by atoms with E-state index >= 15 is 0 Å². The highest BCUT2D eigenvalue weighted by Crippen LogP contribution is 2.49. The number of benzene rings is 1. The molecule has 0 aliphatic heterocycles. The Bertz CT molecular complexity index is 606. The zero-order valence-corrected chi connectivity index (χ0v) is 11.8. The van der Waals surface area contributed by atoms with Crippen molar-refractivity contribution in [3.8, 4) is 0 Å². The summed E-state index contributed by atoms with van der Waals surface area (Å²) in [5, 5.41) is 3.32. The fraction of sp³-hybridized carbons (Fsp3) is 0.375. The lowest BCUT2D eigenvalue weighted by molar-refractivity contribution is 0.461. The fourth-order valence-electron chi connectivity index (χ4n) is 2.66. The second-order valence-corrected chi connectivity index (χ2v) is 5.61. The monoisotopic (exact) mass is 289 g/mol. The second-order valence-electron chi connectivity index (χ2n) is 5.61. The second kappa shape index (κ2) is 5.48. The number of aromatic nitrogens is 2. The molecular weight excluding hydrogens is 272 g/mol. The van der Waals surface area contributed by atoms with Crippen LogP contribution in [0.5, 0.6) is 0 Å². The van der Waals surface area contributed by atoms with Crippen LogP contribution in [0.2, 0.25) is 0 Å². The average Bonchev–Trinajstić information content (AvgIpc) is 3.26. The molecule has 1 N–H and O–H groups in total. The van der Waals surface area contributed by atoms with Crippen LogP contribution in [0.3, 0.4) is 0 Å². The maximum Gasteiger partial charge on any atom is 0.129 e. The molecule has 1 aromatic carbocycles. The first-order valence-electron chi connectivity index (χ1n) is 7.06. The van der Waals surface area contributed by atoms with Gasteiger partial charge in [-0.1, -0.05) is 6.07 Å². The lowest BCUT2D eigenvalue weighted by atomic mass is 9.94. The van der Waals surface area contributed by atoms with E-state index in [0.717, 1.165) is 18.5 Å². The Balaban J connectivity index is 1.73. The zero-order chi connectivity index (χ0) is 14.9. The normalized spacial score (nSPS) is 17.5. The van der Waals surface area contributed by atoms with E-state index in [4.69, 9.17) is 0 Å². The van der Waals surface area contributed by atoms with E-state index in [2.05, 4.69) is 15.3 Å². The van der Waals surface area contributed by atoms with Gasteiger partial charge in [-0.05, 0) is 31.9 Å². The quantitative estimate of drug-likeness (QED) is 0.919. The van der Waals surface area contributed by atoms with Gasteiger partial charge in [0.15, 0.2) is 0 Å². The number of rotatable bonds is 5. The standard InChI is InChI=1S/C16H17F2N3/c1-11(14-9-19-7-8-20-14)21-10-16(5-6-16)15-12(17)3-2-4-13(15)18/h2-4,7-9,11,21H,5-6,10H2,1H3/t11-/m0/s1. The summed E-state index contributed by atoms with van der Waals surface area (Å²) in [5.74, 6) is -0.914. The van der Waals surface area contributed by atoms with Gasteiger partial charge in [0.25, 0.3) is 0 Å². The van der Waals surface area contributed by atoms with E-state index in [1.54, 1.807) is 18.6 Å². The van der Waals surface area contributed by atoms with Crippen LogP contribution in [0.15, 0.2) is 36.8 Å². The van der Waals surface area contributed by atoms with Crippen molar-refractivity contribution in [2.75, 3.05) is 6.54 Å². The van der Waals surface area contributed by atoms with E-state index in [9.17, 15) is 8.78 Å². The molecule has 0 amide bonds. The van der Waals surface area contributed by atoms with E-state index in [1.807, 2.05) is 6.92 Å². The van der Waals surface area contributed by atoms with Crippen LogP contribution in [-0.4, -0.2) is 16.5 Å². The summed E-state index contributed by atoms with van der Waals surface area (Å²) in [4.78, 5) is 8.26. The molecule has 0 saturated heterocycles. The van der Waals surface area contributed by atoms with Crippen molar-refractivity contribution in [2.24, 2.45) is 0 Å². The van der Waals surface area contributed by atoms with Gasteiger partial charge < -0.3 is 5.32 Å². The summed E-state index contributed by atoms with van der Waals surface area (Å²) >= 11 is 0. The number of hydrogen-bond donors (Lipinski definition) is 1. The first kappa shape index (κ1) is 14.1. The van der Waals surface area contributed by atoms with Crippen molar-refractivity contribution < 1.29 is 8.78 Å². The van der Waals surface area contributed by atoms with Gasteiger partial charge in [-0.2, -0.15) is 0 Å². The lowest BCUT2D eigenvalue weighted by Gasteiger charge is -2.21. The first-order valence-corrected chi connectivity index (χ1v) is 7.06. The Labute approximate surface area is 122 Å². The molecule has 110 valence electrons. The van der Waals surface area contributed by atoms with Gasteiger partial charge in [0.1, 0.15) is 11.6 Å². The average molecular weight is 289 g/mol. The van der Waals surface area contributed by atoms with Crippen LogP contribution in [0.1, 0.15) is 37.1 Å². The molecule has 1 aromatic heterocycles. The third kappa shape index (κ3) is 2.78. The largest absolute Gasteiger partial charge is 0.308 e. The molecule has 5 heteroatoms. The molecule has 3 nitrogen and oxygen atoms in total. The third-order valence-corrected chi connectivity index (χ3v) is 4.12. The molecule has 0 unspecified atom stereocenters. The Morgan fingerprint density at radius 3 is 2.52 bits per heavy atom. The molecule has 1 atom stereocenters. The number of nitrogens with zero attached hydrogens (tertiary/aromatic N) is 2. The van der Waals surface area contributed by atoms with Crippen molar-refractivity contribution >= 4 is 0 Å². The zero-order valence-electron chi connectivity index (χ0n) is 11.8. The van der Waals surface area contributed by atoms with Crippen LogP contribution >= 0.6 is 0 Å². The van der Waals surface area contributed by atoms with Crippen LogP contribution in [-0.2, 0) is 5.41 Å². The van der Waals surface area contributed by atoms with Gasteiger partial charge >= 0.3 is 0 Å². The Kier molecular flexibility index (Phi) is 3.68. The molecule has 0 radical (unpaired) electrons. The molecule has 21 heavy (non-hydrogen) atoms. The summed E-state index contributed by atoms with van der Waals surface area (Å²) < 4.78 is 27.9. The first-order chi connectivity index (χ1) is 10.1. The minimum atomic E-state index is -0.457. The van der Waals surface area contributed by atoms with Crippen molar-refractivity contribution in [2.45, 2.75) is 31.2 Å². The lowest BCUT2D eigenvalue weighted by Crippen LogP contribution is -2.31. The smallest absolute Gasteiger partial charge is 0.129 e. The van der Waals surface area contributed by atoms with Crippen LogP contribution < -0.4 is 5.32 Å². The topological polar surface area (TPSA) is 37.8 Å². The van der Waals surface area contributed by atoms with Gasteiger partial charge in [-0.25, -0.2) is 8.78 Å². The van der Waals surface area contributed by atoms with E-state index in [-0.39, 0.29) is 11.6 Å². The maximum atomic E-state index is 13.9. The van der Waals surface area contributed by atoms with Gasteiger partial charge in [0, 0.05) is 42.2 Å². The van der Waals surface area contributed by atoms with Crippen molar-refractivity contribution in [1.29, 1.82) is 0 Å². The molecule has 1 fully saturated rings. The van der Waals surface area contributed by atoms with E-state index in [1.165, 1.54) is 18.2 Å². The van der Waals surface area contributed by atoms with Crippen LogP contribution in [0.4, 0.5) is 8.78 Å². The minimum absolute atomic E-state index is 0.00832. The number of halogens is 2. The Morgan fingerprint density at radius 2 is 1.95 bits per heavy atom. The van der Waals surface area contributed by atoms with E-state index < -0.39 is 17.0 Å². The molecule has 1 aliphatic rings. The summed E-state index contributed by atoms with van der Waals surface area (Å²) in [7, 11) is 0. The van der Waals surface area contributed by atoms with Gasteiger partial charge in [-0.3, -0.25) is 9.97 Å². The number of nitrogens with one attached hydrogen (secondary N) is 1. The SMILES string of the molecule is C[C@H](NCC1(c2c(F)cccc2F)CC1)c1cnccn1. The predicted molar refractivity (Wildman–Crippen MR) is 75.7 cm³/mol. The van der Waals surface area contributed by atoms with Crippen molar-refractivity contribution in [3.05, 3.63) is 59.7 Å². The molecular formula is C16H17F2N3. The molecule has 3 rings (SSSR count). The number of hydrogen-bond acceptors (Lipinski definition) is 3. The summed E-state index contributed by atoms with van der Waals surface area (Å²) in [6, 6.07) is 4.04. The highest BCUT2D eigenvalue weighted by atomic mass is 19.1. The highest BCUT2D eigenvalue weighted by molar-refractivity contribution is 5.34. The third-order valence-electron chi connectivity index (χ3n) is 4.12. The summed E-state index contributed by atoms with van der Waals surface area (Å²) in [6.45, 7) is 2.50. The molecule has 2 aromatic rings. The highest BCUT2D eigenvalue weighted by Gasteiger charge is 2.47. The Hall–Kier alpha value is -1.88. The van der Waals surface area contributed by atoms with Crippen LogP contribution in [0.25, 0.3) is 0 Å². The molecule has 0 bridgehead atoms. The van der Waals surface area contributed by atoms with Crippen LogP contribution in [0, 0.1) is 11.6 Å².